The van der Waals surface area contributed by atoms with Crippen LogP contribution >= 0.6 is 0 Å². The van der Waals surface area contributed by atoms with Crippen LogP contribution in [0.1, 0.15) is 27.8 Å². The van der Waals surface area contributed by atoms with Crippen molar-refractivity contribution in [1.29, 1.82) is 0 Å². The van der Waals surface area contributed by atoms with Crippen LogP contribution in [0.3, 0.4) is 0 Å². The van der Waals surface area contributed by atoms with Gasteiger partial charge in [-0.15, -0.1) is 0 Å². The smallest absolute Gasteiger partial charge is 0.350 e. The molecule has 33 heavy (non-hydrogen) atoms. The van der Waals surface area contributed by atoms with Gasteiger partial charge in [0.2, 0.25) is 0 Å². The topological polar surface area (TPSA) is 49.4 Å². The van der Waals surface area contributed by atoms with Gasteiger partial charge in [-0.2, -0.15) is 13.2 Å². The Morgan fingerprint density at radius 3 is 2.24 bits per heavy atom. The van der Waals surface area contributed by atoms with Crippen LogP contribution in [-0.2, 0) is 22.3 Å². The molecular formula is C26H21F3N2O2. The fraction of sp³-hybridized carbons (Fsp3) is 0.154. The lowest BCUT2D eigenvalue weighted by Crippen LogP contribution is -2.32. The van der Waals surface area contributed by atoms with Crippen molar-refractivity contribution in [2.24, 2.45) is 0 Å². The second kappa shape index (κ2) is 8.58. The molecule has 0 bridgehead atoms. The molecule has 3 aromatic rings. The Kier molecular flexibility index (Phi) is 5.80. The minimum absolute atomic E-state index is 0.0396. The predicted molar refractivity (Wildman–Crippen MR) is 120 cm³/mol. The molecule has 1 heterocycles. The number of hydrogen-bond donors (Lipinski definition) is 1. The summed E-state index contributed by atoms with van der Waals surface area (Å²) < 4.78 is 39.6. The van der Waals surface area contributed by atoms with Gasteiger partial charge in [-0.1, -0.05) is 60.2 Å². The van der Waals surface area contributed by atoms with Crippen molar-refractivity contribution < 1.29 is 22.8 Å². The number of anilines is 1. The maximum Gasteiger partial charge on any atom is 0.416 e. The first-order valence-corrected chi connectivity index (χ1v) is 10.3. The molecule has 0 saturated carbocycles. The largest absolute Gasteiger partial charge is 0.416 e. The van der Waals surface area contributed by atoms with Gasteiger partial charge in [0.05, 0.1) is 17.7 Å². The van der Waals surface area contributed by atoms with E-state index in [0.29, 0.717) is 5.56 Å². The lowest BCUT2D eigenvalue weighted by molar-refractivity contribution is -0.138. The lowest BCUT2D eigenvalue weighted by atomic mass is 9.97. The first-order chi connectivity index (χ1) is 15.6. The third-order valence-corrected chi connectivity index (χ3v) is 5.46. The Labute approximate surface area is 189 Å². The van der Waals surface area contributed by atoms with Gasteiger partial charge in [0.1, 0.15) is 5.70 Å². The van der Waals surface area contributed by atoms with Gasteiger partial charge in [-0.25, -0.2) is 0 Å². The molecule has 1 N–H and O–H groups in total. The molecule has 0 fully saturated rings. The maximum absolute atomic E-state index is 13.4. The van der Waals surface area contributed by atoms with E-state index in [1.807, 2.05) is 32.0 Å². The van der Waals surface area contributed by atoms with Crippen molar-refractivity contribution in [3.05, 3.63) is 106 Å². The van der Waals surface area contributed by atoms with Crippen LogP contribution in [0.2, 0.25) is 0 Å². The van der Waals surface area contributed by atoms with Gasteiger partial charge in [0.15, 0.2) is 0 Å². The van der Waals surface area contributed by atoms with Crippen LogP contribution in [0, 0.1) is 13.8 Å². The van der Waals surface area contributed by atoms with Gasteiger partial charge < -0.3 is 5.32 Å². The monoisotopic (exact) mass is 450 g/mol. The number of imide groups is 1. The average Bonchev–Trinajstić information content (AvgIpc) is 2.99. The molecule has 0 atom stereocenters. The number of benzene rings is 3. The minimum Gasteiger partial charge on any atom is -0.350 e. The standard InChI is InChI=1S/C26H21F3N2O2/c1-16-11-12-21(17(2)13-16)22-23(30-20-10-6-9-19(14-20)26(27,28)29)25(33)31(24(22)32)15-18-7-4-3-5-8-18/h3-14,30H,15H2,1-2H3. The summed E-state index contributed by atoms with van der Waals surface area (Å²) in [6.45, 7) is 3.80. The first-order valence-electron chi connectivity index (χ1n) is 10.3. The van der Waals surface area contributed by atoms with Crippen molar-refractivity contribution in [1.82, 2.24) is 4.90 Å². The third-order valence-electron chi connectivity index (χ3n) is 5.46. The molecule has 0 aromatic heterocycles. The number of halogens is 3. The van der Waals surface area contributed by atoms with Crippen molar-refractivity contribution in [2.45, 2.75) is 26.6 Å². The summed E-state index contributed by atoms with van der Waals surface area (Å²) in [5.41, 5.74) is 2.43. The SMILES string of the molecule is Cc1ccc(C2=C(Nc3cccc(C(F)(F)F)c3)C(=O)N(Cc3ccccc3)C2=O)c(C)c1. The number of alkyl halides is 3. The number of nitrogens with one attached hydrogen (secondary N) is 1. The molecule has 0 saturated heterocycles. The predicted octanol–water partition coefficient (Wildman–Crippen LogP) is 5.71. The minimum atomic E-state index is -4.53. The zero-order chi connectivity index (χ0) is 23.8. The van der Waals surface area contributed by atoms with E-state index in [0.717, 1.165) is 33.7 Å². The number of rotatable bonds is 5. The average molecular weight is 450 g/mol. The van der Waals surface area contributed by atoms with Crippen molar-refractivity contribution in [3.63, 3.8) is 0 Å². The number of nitrogens with zero attached hydrogens (tertiary/aromatic N) is 1. The Balaban J connectivity index is 1.79. The molecule has 3 aromatic carbocycles. The zero-order valence-corrected chi connectivity index (χ0v) is 18.0. The number of hydrogen-bond acceptors (Lipinski definition) is 3. The molecule has 2 amide bonds. The highest BCUT2D eigenvalue weighted by atomic mass is 19.4. The zero-order valence-electron chi connectivity index (χ0n) is 18.0. The second-order valence-corrected chi connectivity index (χ2v) is 7.95. The van der Waals surface area contributed by atoms with Crippen LogP contribution in [0.25, 0.3) is 5.57 Å². The summed E-state index contributed by atoms with van der Waals surface area (Å²) >= 11 is 0. The lowest BCUT2D eigenvalue weighted by Gasteiger charge is -2.16. The summed E-state index contributed by atoms with van der Waals surface area (Å²) in [6, 6.07) is 19.1. The van der Waals surface area contributed by atoms with Crippen molar-refractivity contribution >= 4 is 23.1 Å². The van der Waals surface area contributed by atoms with Crippen molar-refractivity contribution in [3.8, 4) is 0 Å². The summed E-state index contributed by atoms with van der Waals surface area (Å²) in [5, 5.41) is 2.81. The number of carbonyl (C=O) groups excluding carboxylic acids is 2. The van der Waals surface area contributed by atoms with E-state index in [2.05, 4.69) is 5.32 Å². The fourth-order valence-corrected chi connectivity index (χ4v) is 3.86. The molecular weight excluding hydrogens is 429 g/mol. The highest BCUT2D eigenvalue weighted by Gasteiger charge is 2.40. The highest BCUT2D eigenvalue weighted by molar-refractivity contribution is 6.36. The Morgan fingerprint density at radius 1 is 0.848 bits per heavy atom. The van der Waals surface area contributed by atoms with E-state index in [4.69, 9.17) is 0 Å². The van der Waals surface area contributed by atoms with Crippen LogP contribution in [0.4, 0.5) is 18.9 Å². The van der Waals surface area contributed by atoms with Crippen LogP contribution in [0.15, 0.2) is 78.5 Å². The molecule has 1 aliphatic heterocycles. The molecule has 0 unspecified atom stereocenters. The van der Waals surface area contributed by atoms with E-state index < -0.39 is 23.6 Å². The molecule has 1 aliphatic rings. The fourth-order valence-electron chi connectivity index (χ4n) is 3.86. The van der Waals surface area contributed by atoms with Gasteiger partial charge in [-0.05, 0) is 48.7 Å². The number of aryl methyl sites for hydroxylation is 2. The van der Waals surface area contributed by atoms with Crippen LogP contribution in [-0.4, -0.2) is 16.7 Å². The molecule has 168 valence electrons. The summed E-state index contributed by atoms with van der Waals surface area (Å²) in [6.07, 6.45) is -4.53. The Hall–Kier alpha value is -3.87. The van der Waals surface area contributed by atoms with E-state index in [9.17, 15) is 22.8 Å². The maximum atomic E-state index is 13.4. The number of amides is 2. The Bertz CT molecular complexity index is 1260. The third kappa shape index (κ3) is 4.53. The van der Waals surface area contributed by atoms with Gasteiger partial charge in [0.25, 0.3) is 11.8 Å². The molecule has 0 spiro atoms. The quantitative estimate of drug-likeness (QED) is 0.506. The van der Waals surface area contributed by atoms with Gasteiger partial charge >= 0.3 is 6.18 Å². The van der Waals surface area contributed by atoms with E-state index in [-0.39, 0.29) is 23.5 Å². The summed E-state index contributed by atoms with van der Waals surface area (Å²) in [5.74, 6) is -1.08. The molecule has 4 rings (SSSR count). The molecule has 7 heteroatoms. The first kappa shape index (κ1) is 22.3. The molecule has 0 aliphatic carbocycles. The van der Waals surface area contributed by atoms with E-state index in [1.165, 1.54) is 12.1 Å². The van der Waals surface area contributed by atoms with Gasteiger partial charge in [-0.3, -0.25) is 14.5 Å². The van der Waals surface area contributed by atoms with Gasteiger partial charge in [0, 0.05) is 5.69 Å². The normalized spacial score (nSPS) is 14.3. The Morgan fingerprint density at radius 2 is 1.58 bits per heavy atom. The van der Waals surface area contributed by atoms with E-state index >= 15 is 0 Å². The van der Waals surface area contributed by atoms with Crippen molar-refractivity contribution in [2.75, 3.05) is 5.32 Å². The van der Waals surface area contributed by atoms with E-state index in [1.54, 1.807) is 30.3 Å². The second-order valence-electron chi connectivity index (χ2n) is 7.95. The summed E-state index contributed by atoms with van der Waals surface area (Å²) in [7, 11) is 0. The number of carbonyl (C=O) groups is 2. The molecule has 0 radical (unpaired) electrons. The van der Waals surface area contributed by atoms with Crippen LogP contribution < -0.4 is 5.32 Å². The van der Waals surface area contributed by atoms with Crippen LogP contribution in [0.5, 0.6) is 0 Å². The summed E-state index contributed by atoms with van der Waals surface area (Å²) in [4.78, 5) is 27.9. The molecule has 4 nitrogen and oxygen atoms in total. The highest BCUT2D eigenvalue weighted by Crippen LogP contribution is 2.35.